The van der Waals surface area contributed by atoms with Crippen molar-refractivity contribution in [2.24, 2.45) is 5.73 Å². The van der Waals surface area contributed by atoms with Gasteiger partial charge in [0.15, 0.2) is 0 Å². The number of ether oxygens (including phenoxy) is 2. The highest BCUT2D eigenvalue weighted by Crippen LogP contribution is 2.20. The monoisotopic (exact) mass is 254 g/mol. The predicted octanol–water partition coefficient (Wildman–Crippen LogP) is 1.14. The highest BCUT2D eigenvalue weighted by molar-refractivity contribution is 5.98. The van der Waals surface area contributed by atoms with Crippen LogP contribution in [0.1, 0.15) is 46.0 Å². The molecule has 1 aromatic rings. The van der Waals surface area contributed by atoms with Gasteiger partial charge in [-0.2, -0.15) is 0 Å². The van der Waals surface area contributed by atoms with Crippen LogP contribution in [0.4, 0.5) is 0 Å². The summed E-state index contributed by atoms with van der Waals surface area (Å²) in [6, 6.07) is 0. The van der Waals surface area contributed by atoms with Gasteiger partial charge in [-0.3, -0.25) is 0 Å². The topological polar surface area (TPSA) is 94.4 Å². The number of carbonyl (C=O) groups is 2. The lowest BCUT2D eigenvalue weighted by Gasteiger charge is -2.03. The number of nitrogens with two attached hydrogens (primary N) is 1. The largest absolute Gasteiger partial charge is 0.462 e. The normalized spacial score (nSPS) is 10.2. The van der Waals surface area contributed by atoms with Crippen molar-refractivity contribution in [1.29, 1.82) is 0 Å². The molecule has 1 heterocycles. The average Bonchev–Trinajstić information content (AvgIpc) is 2.67. The number of H-pyrrole nitrogens is 1. The minimum atomic E-state index is -0.500. The maximum absolute atomic E-state index is 11.8. The fourth-order valence-electron chi connectivity index (χ4n) is 1.70. The van der Waals surface area contributed by atoms with Crippen LogP contribution >= 0.6 is 0 Å². The van der Waals surface area contributed by atoms with E-state index in [2.05, 4.69) is 4.98 Å². The second kappa shape index (κ2) is 6.20. The predicted molar refractivity (Wildman–Crippen MR) is 65.3 cm³/mol. The SMILES string of the molecule is CCOC(=O)c1[nH]c(CN)c(C(=O)OCC)c1C. The fourth-order valence-corrected chi connectivity index (χ4v) is 1.70. The van der Waals surface area contributed by atoms with Gasteiger partial charge in [-0.1, -0.05) is 0 Å². The van der Waals surface area contributed by atoms with Gasteiger partial charge in [0, 0.05) is 12.2 Å². The Morgan fingerprint density at radius 3 is 2.22 bits per heavy atom. The number of aromatic nitrogens is 1. The van der Waals surface area contributed by atoms with Gasteiger partial charge in [-0.25, -0.2) is 9.59 Å². The minimum absolute atomic E-state index is 0.119. The summed E-state index contributed by atoms with van der Waals surface area (Å²) in [7, 11) is 0. The number of rotatable bonds is 5. The molecule has 0 fully saturated rings. The van der Waals surface area contributed by atoms with Crippen molar-refractivity contribution in [2.75, 3.05) is 13.2 Å². The molecule has 0 atom stereocenters. The van der Waals surface area contributed by atoms with Crippen molar-refractivity contribution >= 4 is 11.9 Å². The highest BCUT2D eigenvalue weighted by Gasteiger charge is 2.24. The molecule has 6 nitrogen and oxygen atoms in total. The number of nitrogens with one attached hydrogen (secondary N) is 1. The van der Waals surface area contributed by atoms with Gasteiger partial charge in [0.1, 0.15) is 5.69 Å². The molecular weight excluding hydrogens is 236 g/mol. The van der Waals surface area contributed by atoms with Crippen molar-refractivity contribution in [3.8, 4) is 0 Å². The van der Waals surface area contributed by atoms with E-state index in [0.29, 0.717) is 16.8 Å². The third kappa shape index (κ3) is 2.70. The molecule has 18 heavy (non-hydrogen) atoms. The summed E-state index contributed by atoms with van der Waals surface area (Å²) in [5.41, 5.74) is 7.11. The number of carbonyl (C=O) groups excluding carboxylic acids is 2. The lowest BCUT2D eigenvalue weighted by molar-refractivity contribution is 0.0517. The van der Waals surface area contributed by atoms with Crippen molar-refractivity contribution in [3.63, 3.8) is 0 Å². The van der Waals surface area contributed by atoms with Crippen LogP contribution in [0.5, 0.6) is 0 Å². The number of hydrogen-bond acceptors (Lipinski definition) is 5. The van der Waals surface area contributed by atoms with Gasteiger partial charge in [-0.05, 0) is 26.3 Å². The molecule has 0 aliphatic rings. The maximum atomic E-state index is 11.8. The molecule has 1 aromatic heterocycles. The van der Waals surface area contributed by atoms with E-state index in [0.717, 1.165) is 0 Å². The van der Waals surface area contributed by atoms with E-state index < -0.39 is 11.9 Å². The number of hydrogen-bond donors (Lipinski definition) is 2. The van der Waals surface area contributed by atoms with Gasteiger partial charge >= 0.3 is 11.9 Å². The van der Waals surface area contributed by atoms with E-state index in [4.69, 9.17) is 15.2 Å². The Morgan fingerprint density at radius 1 is 1.17 bits per heavy atom. The van der Waals surface area contributed by atoms with E-state index in [1.807, 2.05) is 0 Å². The summed E-state index contributed by atoms with van der Waals surface area (Å²) in [5, 5.41) is 0. The fraction of sp³-hybridized carbons (Fsp3) is 0.500. The summed E-state index contributed by atoms with van der Waals surface area (Å²) in [5.74, 6) is -0.984. The molecule has 0 aliphatic heterocycles. The van der Waals surface area contributed by atoms with Gasteiger partial charge in [0.05, 0.1) is 18.8 Å². The van der Waals surface area contributed by atoms with Crippen LogP contribution in [-0.4, -0.2) is 30.1 Å². The van der Waals surface area contributed by atoms with Crippen LogP contribution in [0.25, 0.3) is 0 Å². The van der Waals surface area contributed by atoms with Crippen molar-refractivity contribution in [1.82, 2.24) is 4.98 Å². The molecule has 6 heteroatoms. The summed E-state index contributed by atoms with van der Waals surface area (Å²) in [6.07, 6.45) is 0. The smallest absolute Gasteiger partial charge is 0.355 e. The Kier molecular flexibility index (Phi) is 4.91. The van der Waals surface area contributed by atoms with Crippen LogP contribution in [0.3, 0.4) is 0 Å². The first-order valence-corrected chi connectivity index (χ1v) is 5.82. The number of aromatic amines is 1. The zero-order valence-electron chi connectivity index (χ0n) is 10.8. The summed E-state index contributed by atoms with van der Waals surface area (Å²) < 4.78 is 9.84. The van der Waals surface area contributed by atoms with E-state index in [-0.39, 0.29) is 25.5 Å². The Balaban J connectivity index is 3.18. The Labute approximate surface area is 105 Å². The zero-order valence-corrected chi connectivity index (χ0v) is 10.8. The molecule has 0 unspecified atom stereocenters. The lowest BCUT2D eigenvalue weighted by Crippen LogP contribution is -2.10. The molecule has 0 amide bonds. The molecule has 0 bridgehead atoms. The van der Waals surface area contributed by atoms with Gasteiger partial charge < -0.3 is 20.2 Å². The lowest BCUT2D eigenvalue weighted by atomic mass is 10.1. The van der Waals surface area contributed by atoms with E-state index >= 15 is 0 Å². The summed E-state index contributed by atoms with van der Waals surface area (Å²) >= 11 is 0. The molecule has 0 spiro atoms. The van der Waals surface area contributed by atoms with Crippen molar-refractivity contribution < 1.29 is 19.1 Å². The van der Waals surface area contributed by atoms with E-state index in [9.17, 15) is 9.59 Å². The first-order chi connectivity index (χ1) is 8.56. The summed E-state index contributed by atoms with van der Waals surface area (Å²) in [6.45, 7) is 5.75. The average molecular weight is 254 g/mol. The van der Waals surface area contributed by atoms with E-state index in [1.54, 1.807) is 20.8 Å². The van der Waals surface area contributed by atoms with Crippen LogP contribution in [0.15, 0.2) is 0 Å². The first-order valence-electron chi connectivity index (χ1n) is 5.82. The van der Waals surface area contributed by atoms with Crippen molar-refractivity contribution in [2.45, 2.75) is 27.3 Å². The second-order valence-electron chi connectivity index (χ2n) is 3.62. The van der Waals surface area contributed by atoms with Crippen LogP contribution in [0, 0.1) is 6.92 Å². The third-order valence-electron chi connectivity index (χ3n) is 2.49. The van der Waals surface area contributed by atoms with Crippen LogP contribution in [-0.2, 0) is 16.0 Å². The maximum Gasteiger partial charge on any atom is 0.355 e. The zero-order chi connectivity index (χ0) is 13.7. The number of esters is 2. The molecule has 1 rings (SSSR count). The molecule has 0 saturated heterocycles. The van der Waals surface area contributed by atoms with E-state index in [1.165, 1.54) is 0 Å². The second-order valence-corrected chi connectivity index (χ2v) is 3.62. The van der Waals surface area contributed by atoms with Crippen LogP contribution in [0.2, 0.25) is 0 Å². The minimum Gasteiger partial charge on any atom is -0.462 e. The molecule has 100 valence electrons. The molecule has 0 radical (unpaired) electrons. The van der Waals surface area contributed by atoms with Gasteiger partial charge in [0.2, 0.25) is 0 Å². The summed E-state index contributed by atoms with van der Waals surface area (Å²) in [4.78, 5) is 26.3. The Morgan fingerprint density at radius 2 is 1.72 bits per heavy atom. The quantitative estimate of drug-likeness (QED) is 0.768. The molecule has 0 saturated carbocycles. The van der Waals surface area contributed by atoms with Crippen molar-refractivity contribution in [3.05, 3.63) is 22.5 Å². The van der Waals surface area contributed by atoms with Crippen LogP contribution < -0.4 is 5.73 Å². The molecular formula is C12H18N2O4. The van der Waals surface area contributed by atoms with Gasteiger partial charge in [0.25, 0.3) is 0 Å². The molecule has 3 N–H and O–H groups in total. The molecule has 0 aromatic carbocycles. The molecule has 0 aliphatic carbocycles. The first kappa shape index (κ1) is 14.2. The standard InChI is InChI=1S/C12H18N2O4/c1-4-17-11(15)9-7(3)10(12(16)18-5-2)14-8(9)6-13/h14H,4-6,13H2,1-3H3. The van der Waals surface area contributed by atoms with Gasteiger partial charge in [-0.15, -0.1) is 0 Å². The highest BCUT2D eigenvalue weighted by atomic mass is 16.5. The third-order valence-corrected chi connectivity index (χ3v) is 2.49. The Bertz CT molecular complexity index is 451. The Hall–Kier alpha value is -1.82.